The molecule has 0 amide bonds. The van der Waals surface area contributed by atoms with Gasteiger partial charge in [-0.25, -0.2) is 0 Å². The zero-order valence-corrected chi connectivity index (χ0v) is 9.92. The van der Waals surface area contributed by atoms with Crippen LogP contribution in [-0.2, 0) is 5.60 Å². The van der Waals surface area contributed by atoms with Crippen molar-refractivity contribution in [3.63, 3.8) is 0 Å². The van der Waals surface area contributed by atoms with Crippen LogP contribution >= 0.6 is 15.9 Å². The fourth-order valence-electron chi connectivity index (χ4n) is 1.24. The number of rotatable bonds is 2. The maximum atomic E-state index is 9.81. The predicted molar refractivity (Wildman–Crippen MR) is 57.6 cm³/mol. The fraction of sp³-hybridized carbons (Fsp3) is 0.400. The van der Waals surface area contributed by atoms with Crippen LogP contribution in [0.25, 0.3) is 0 Å². The van der Waals surface area contributed by atoms with Gasteiger partial charge < -0.3 is 14.9 Å². The third kappa shape index (κ3) is 2.01. The second-order valence-corrected chi connectivity index (χ2v) is 4.39. The van der Waals surface area contributed by atoms with Crippen LogP contribution < -0.4 is 4.74 Å². The quantitative estimate of drug-likeness (QED) is 0.859. The molecule has 14 heavy (non-hydrogen) atoms. The first-order chi connectivity index (χ1) is 6.38. The summed E-state index contributed by atoms with van der Waals surface area (Å²) in [6, 6.07) is 3.38. The van der Waals surface area contributed by atoms with Crippen molar-refractivity contribution in [2.24, 2.45) is 0 Å². The molecule has 2 N–H and O–H groups in total. The highest BCUT2D eigenvalue weighted by atomic mass is 79.9. The molecule has 0 spiro atoms. The maximum absolute atomic E-state index is 9.81. The van der Waals surface area contributed by atoms with Gasteiger partial charge in [0.1, 0.15) is 0 Å². The molecular formula is C10H13BrO3. The molecule has 4 heteroatoms. The highest BCUT2D eigenvalue weighted by molar-refractivity contribution is 9.10. The minimum absolute atomic E-state index is 0.00660. The summed E-state index contributed by atoms with van der Waals surface area (Å²) in [4.78, 5) is 0. The van der Waals surface area contributed by atoms with Crippen LogP contribution in [0.1, 0.15) is 19.4 Å². The fourth-order valence-corrected chi connectivity index (χ4v) is 1.55. The second kappa shape index (κ2) is 3.79. The van der Waals surface area contributed by atoms with E-state index in [2.05, 4.69) is 15.9 Å². The van der Waals surface area contributed by atoms with Gasteiger partial charge in [0.2, 0.25) is 0 Å². The highest BCUT2D eigenvalue weighted by Gasteiger charge is 2.24. The number of benzene rings is 1. The zero-order valence-electron chi connectivity index (χ0n) is 8.34. The highest BCUT2D eigenvalue weighted by Crippen LogP contribution is 2.41. The molecule has 0 aliphatic heterocycles. The number of phenols is 1. The molecular weight excluding hydrogens is 248 g/mol. The third-order valence-corrected chi connectivity index (χ3v) is 2.59. The lowest BCUT2D eigenvalue weighted by molar-refractivity contribution is 0.0751. The van der Waals surface area contributed by atoms with E-state index in [-0.39, 0.29) is 5.75 Å². The van der Waals surface area contributed by atoms with Gasteiger partial charge in [-0.05, 0) is 35.8 Å². The molecule has 3 nitrogen and oxygen atoms in total. The monoisotopic (exact) mass is 260 g/mol. The lowest BCUT2D eigenvalue weighted by Crippen LogP contribution is -2.16. The Morgan fingerprint density at radius 1 is 1.36 bits per heavy atom. The number of halogens is 1. The topological polar surface area (TPSA) is 49.7 Å². The molecule has 1 aromatic carbocycles. The number of phenolic OH excluding ortho intramolecular Hbond substituents is 1. The largest absolute Gasteiger partial charge is 0.503 e. The second-order valence-electron chi connectivity index (χ2n) is 3.54. The normalized spacial score (nSPS) is 11.5. The van der Waals surface area contributed by atoms with Gasteiger partial charge in [0.25, 0.3) is 0 Å². The van der Waals surface area contributed by atoms with Crippen LogP contribution in [0, 0.1) is 0 Å². The molecule has 0 aliphatic carbocycles. The van der Waals surface area contributed by atoms with Crippen molar-refractivity contribution in [3.8, 4) is 11.5 Å². The SMILES string of the molecule is COc1c(C(C)(C)O)ccc(Br)c1O. The van der Waals surface area contributed by atoms with Crippen LogP contribution in [0.2, 0.25) is 0 Å². The van der Waals surface area contributed by atoms with Crippen molar-refractivity contribution in [3.05, 3.63) is 22.2 Å². The summed E-state index contributed by atoms with van der Waals surface area (Å²) in [5.41, 5.74) is -0.482. The van der Waals surface area contributed by atoms with Crippen LogP contribution in [0.4, 0.5) is 0 Å². The molecule has 0 aliphatic rings. The third-order valence-electron chi connectivity index (χ3n) is 1.95. The summed E-state index contributed by atoms with van der Waals surface area (Å²) in [5, 5.41) is 19.5. The number of aliphatic hydroxyl groups is 1. The standard InChI is InChI=1S/C10H13BrO3/c1-10(2,13)6-4-5-7(11)8(12)9(6)14-3/h4-5,12-13H,1-3H3. The van der Waals surface area contributed by atoms with Crippen molar-refractivity contribution < 1.29 is 14.9 Å². The molecule has 78 valence electrons. The minimum atomic E-state index is -1.04. The van der Waals surface area contributed by atoms with Gasteiger partial charge in [-0.1, -0.05) is 6.07 Å². The Morgan fingerprint density at radius 2 is 1.93 bits per heavy atom. The molecule has 0 fully saturated rings. The first-order valence-electron chi connectivity index (χ1n) is 4.16. The van der Waals surface area contributed by atoms with E-state index in [1.54, 1.807) is 26.0 Å². The zero-order chi connectivity index (χ0) is 10.9. The number of hydrogen-bond acceptors (Lipinski definition) is 3. The molecule has 0 unspecified atom stereocenters. The minimum Gasteiger partial charge on any atom is -0.503 e. The van der Waals surface area contributed by atoms with E-state index in [0.29, 0.717) is 15.8 Å². The van der Waals surface area contributed by atoms with E-state index in [0.717, 1.165) is 0 Å². The van der Waals surface area contributed by atoms with Gasteiger partial charge in [0, 0.05) is 5.56 Å². The Bertz CT molecular complexity index is 342. The average Bonchev–Trinajstić information content (AvgIpc) is 2.07. The van der Waals surface area contributed by atoms with Crippen LogP contribution in [0.15, 0.2) is 16.6 Å². The number of aromatic hydroxyl groups is 1. The van der Waals surface area contributed by atoms with Crippen molar-refractivity contribution >= 4 is 15.9 Å². The van der Waals surface area contributed by atoms with E-state index in [9.17, 15) is 10.2 Å². The van der Waals surface area contributed by atoms with Crippen molar-refractivity contribution in [2.75, 3.05) is 7.11 Å². The van der Waals surface area contributed by atoms with Crippen molar-refractivity contribution in [1.82, 2.24) is 0 Å². The molecule has 0 saturated heterocycles. The lowest BCUT2D eigenvalue weighted by atomic mass is 9.97. The molecule has 1 rings (SSSR count). The Morgan fingerprint density at radius 3 is 2.36 bits per heavy atom. The van der Waals surface area contributed by atoms with Gasteiger partial charge >= 0.3 is 0 Å². The molecule has 1 aromatic rings. The summed E-state index contributed by atoms with van der Waals surface area (Å²) >= 11 is 3.18. The van der Waals surface area contributed by atoms with Gasteiger partial charge in [-0.15, -0.1) is 0 Å². The average molecular weight is 261 g/mol. The van der Waals surface area contributed by atoms with Gasteiger partial charge in [-0.2, -0.15) is 0 Å². The molecule has 0 heterocycles. The Balaban J connectivity index is 3.39. The Labute approximate surface area is 91.5 Å². The first kappa shape index (κ1) is 11.3. The molecule has 0 radical (unpaired) electrons. The van der Waals surface area contributed by atoms with E-state index < -0.39 is 5.60 Å². The molecule has 0 bridgehead atoms. The van der Waals surface area contributed by atoms with Gasteiger partial charge in [0.15, 0.2) is 11.5 Å². The smallest absolute Gasteiger partial charge is 0.172 e. The summed E-state index contributed by atoms with van der Waals surface area (Å²) in [5.74, 6) is 0.305. The van der Waals surface area contributed by atoms with E-state index >= 15 is 0 Å². The molecule has 0 saturated carbocycles. The first-order valence-corrected chi connectivity index (χ1v) is 4.95. The maximum Gasteiger partial charge on any atom is 0.172 e. The van der Waals surface area contributed by atoms with Gasteiger partial charge in [-0.3, -0.25) is 0 Å². The summed E-state index contributed by atoms with van der Waals surface area (Å²) in [7, 11) is 1.46. The predicted octanol–water partition coefficient (Wildman–Crippen LogP) is 2.39. The molecule has 0 aromatic heterocycles. The number of hydrogen-bond donors (Lipinski definition) is 2. The van der Waals surface area contributed by atoms with E-state index in [4.69, 9.17) is 4.74 Å². The Kier molecular flexibility index (Phi) is 3.07. The van der Waals surface area contributed by atoms with E-state index in [1.165, 1.54) is 7.11 Å². The Hall–Kier alpha value is -0.740. The van der Waals surface area contributed by atoms with Crippen LogP contribution in [0.5, 0.6) is 11.5 Å². The summed E-state index contributed by atoms with van der Waals surface area (Å²) in [6.07, 6.45) is 0. The van der Waals surface area contributed by atoms with Crippen molar-refractivity contribution in [1.29, 1.82) is 0 Å². The number of ether oxygens (including phenoxy) is 1. The number of methoxy groups -OCH3 is 1. The van der Waals surface area contributed by atoms with Crippen molar-refractivity contribution in [2.45, 2.75) is 19.4 Å². The van der Waals surface area contributed by atoms with Crippen LogP contribution in [-0.4, -0.2) is 17.3 Å². The van der Waals surface area contributed by atoms with Gasteiger partial charge in [0.05, 0.1) is 17.2 Å². The molecule has 0 atom stereocenters. The lowest BCUT2D eigenvalue weighted by Gasteiger charge is -2.21. The van der Waals surface area contributed by atoms with E-state index in [1.807, 2.05) is 0 Å². The summed E-state index contributed by atoms with van der Waals surface area (Å²) < 4.78 is 5.59. The van der Waals surface area contributed by atoms with Crippen LogP contribution in [0.3, 0.4) is 0 Å². The summed E-state index contributed by atoms with van der Waals surface area (Å²) in [6.45, 7) is 3.27.